The minimum absolute atomic E-state index is 0.00712. The molecular formula is C14H20N4O3. The molecule has 0 saturated heterocycles. The van der Waals surface area contributed by atoms with Gasteiger partial charge in [0.1, 0.15) is 5.69 Å². The molecule has 0 aliphatic heterocycles. The summed E-state index contributed by atoms with van der Waals surface area (Å²) in [6.45, 7) is 0. The quantitative estimate of drug-likeness (QED) is 0.648. The van der Waals surface area contributed by atoms with Crippen molar-refractivity contribution in [1.29, 1.82) is 0 Å². The maximum atomic E-state index is 11.9. The zero-order valence-electron chi connectivity index (χ0n) is 12.2. The maximum absolute atomic E-state index is 11.9. The number of nitrogens with two attached hydrogens (primary N) is 1. The highest BCUT2D eigenvalue weighted by atomic mass is 16.6. The summed E-state index contributed by atoms with van der Waals surface area (Å²) in [5, 5.41) is 14.4. The van der Waals surface area contributed by atoms with Gasteiger partial charge in [-0.2, -0.15) is 0 Å². The van der Waals surface area contributed by atoms with Crippen LogP contribution in [0.4, 0.5) is 11.4 Å². The molecule has 1 fully saturated rings. The Kier molecular flexibility index (Phi) is 4.42. The molecule has 0 aromatic heterocycles. The number of hydrogen-bond acceptors (Lipinski definition) is 5. The van der Waals surface area contributed by atoms with E-state index in [-0.39, 0.29) is 23.7 Å². The molecule has 2 rings (SSSR count). The first-order chi connectivity index (χ1) is 9.90. The fraction of sp³-hybridized carbons (Fsp3) is 0.500. The molecule has 1 aromatic rings. The number of nitrogens with one attached hydrogen (secondary N) is 1. The summed E-state index contributed by atoms with van der Waals surface area (Å²) in [6, 6.07) is 4.54. The molecule has 2 atom stereocenters. The Bertz CT molecular complexity index is 559. The third-order valence-electron chi connectivity index (χ3n) is 3.76. The minimum atomic E-state index is -0.477. The van der Waals surface area contributed by atoms with Crippen LogP contribution in [0, 0.1) is 10.1 Å². The van der Waals surface area contributed by atoms with Gasteiger partial charge in [0.15, 0.2) is 0 Å². The fourth-order valence-corrected chi connectivity index (χ4v) is 2.56. The third kappa shape index (κ3) is 3.30. The number of carbonyl (C=O) groups is 1. The molecule has 1 aliphatic rings. The molecule has 1 aliphatic carbocycles. The summed E-state index contributed by atoms with van der Waals surface area (Å²) >= 11 is 0. The number of rotatable bonds is 4. The number of amides is 1. The molecule has 0 radical (unpaired) electrons. The molecule has 1 amide bonds. The van der Waals surface area contributed by atoms with E-state index in [9.17, 15) is 14.9 Å². The zero-order valence-corrected chi connectivity index (χ0v) is 12.2. The van der Waals surface area contributed by atoms with Crippen molar-refractivity contribution in [2.45, 2.75) is 31.3 Å². The van der Waals surface area contributed by atoms with E-state index in [0.717, 1.165) is 19.3 Å². The van der Waals surface area contributed by atoms with Crippen molar-refractivity contribution in [2.24, 2.45) is 5.73 Å². The Hall–Kier alpha value is -2.15. The highest BCUT2D eigenvalue weighted by Gasteiger charge is 2.26. The lowest BCUT2D eigenvalue weighted by molar-refractivity contribution is -0.384. The van der Waals surface area contributed by atoms with Gasteiger partial charge in [0.05, 0.1) is 4.92 Å². The van der Waals surface area contributed by atoms with Crippen molar-refractivity contribution >= 4 is 17.3 Å². The van der Waals surface area contributed by atoms with Crippen molar-refractivity contribution in [3.63, 3.8) is 0 Å². The summed E-state index contributed by atoms with van der Waals surface area (Å²) < 4.78 is 0. The standard InChI is InChI=1S/C14H20N4O3/c1-17(2)14(19)9-6-7-12(13(8-9)18(20)21)16-11-5-3-4-10(11)15/h6-8,10-11,16H,3-5,15H2,1-2H3. The topological polar surface area (TPSA) is 102 Å². The Morgan fingerprint density at radius 2 is 2.14 bits per heavy atom. The lowest BCUT2D eigenvalue weighted by Crippen LogP contribution is -2.35. The average Bonchev–Trinajstić information content (AvgIpc) is 2.83. The molecular weight excluding hydrogens is 272 g/mol. The van der Waals surface area contributed by atoms with Crippen molar-refractivity contribution in [1.82, 2.24) is 4.90 Å². The van der Waals surface area contributed by atoms with Gasteiger partial charge in [-0.3, -0.25) is 14.9 Å². The first-order valence-electron chi connectivity index (χ1n) is 6.92. The molecule has 7 heteroatoms. The smallest absolute Gasteiger partial charge is 0.293 e. The number of benzene rings is 1. The predicted octanol–water partition coefficient (Wildman–Crippen LogP) is 1.59. The van der Waals surface area contributed by atoms with Gasteiger partial charge in [-0.1, -0.05) is 0 Å². The van der Waals surface area contributed by atoms with E-state index in [1.807, 2.05) is 0 Å². The van der Waals surface area contributed by atoms with E-state index >= 15 is 0 Å². The molecule has 1 saturated carbocycles. The first-order valence-corrected chi connectivity index (χ1v) is 6.92. The summed E-state index contributed by atoms with van der Waals surface area (Å²) in [6.07, 6.45) is 2.84. The van der Waals surface area contributed by atoms with Gasteiger partial charge in [0, 0.05) is 37.8 Å². The second-order valence-electron chi connectivity index (χ2n) is 5.53. The van der Waals surface area contributed by atoms with Gasteiger partial charge < -0.3 is 16.0 Å². The van der Waals surface area contributed by atoms with E-state index in [2.05, 4.69) is 5.32 Å². The number of nitro benzene ring substituents is 1. The number of anilines is 1. The van der Waals surface area contributed by atoms with Crippen LogP contribution in [0.5, 0.6) is 0 Å². The molecule has 114 valence electrons. The highest BCUT2D eigenvalue weighted by Crippen LogP contribution is 2.29. The van der Waals surface area contributed by atoms with E-state index in [0.29, 0.717) is 11.3 Å². The third-order valence-corrected chi connectivity index (χ3v) is 3.76. The van der Waals surface area contributed by atoms with Crippen molar-refractivity contribution in [3.8, 4) is 0 Å². The molecule has 0 spiro atoms. The van der Waals surface area contributed by atoms with Crippen molar-refractivity contribution < 1.29 is 9.72 Å². The van der Waals surface area contributed by atoms with Crippen LogP contribution in [0.1, 0.15) is 29.6 Å². The Morgan fingerprint density at radius 3 is 2.67 bits per heavy atom. The molecule has 1 aromatic carbocycles. The molecule has 0 heterocycles. The molecule has 2 unspecified atom stereocenters. The lowest BCUT2D eigenvalue weighted by atomic mass is 10.1. The normalized spacial score (nSPS) is 21.1. The fourth-order valence-electron chi connectivity index (χ4n) is 2.56. The molecule has 21 heavy (non-hydrogen) atoms. The summed E-state index contributed by atoms with van der Waals surface area (Å²) in [7, 11) is 3.22. The van der Waals surface area contributed by atoms with Crippen molar-refractivity contribution in [3.05, 3.63) is 33.9 Å². The summed E-state index contributed by atoms with van der Waals surface area (Å²) in [5.74, 6) is -0.262. The van der Waals surface area contributed by atoms with E-state index in [1.54, 1.807) is 26.2 Å². The van der Waals surface area contributed by atoms with Crippen LogP contribution >= 0.6 is 0 Å². The van der Waals surface area contributed by atoms with Crippen LogP contribution in [-0.2, 0) is 0 Å². The second-order valence-corrected chi connectivity index (χ2v) is 5.53. The maximum Gasteiger partial charge on any atom is 0.293 e. The van der Waals surface area contributed by atoms with Gasteiger partial charge in [-0.25, -0.2) is 0 Å². The number of nitrogens with zero attached hydrogens (tertiary/aromatic N) is 2. The zero-order chi connectivity index (χ0) is 15.6. The average molecular weight is 292 g/mol. The van der Waals surface area contributed by atoms with Crippen LogP contribution in [0.15, 0.2) is 18.2 Å². The van der Waals surface area contributed by atoms with Crippen molar-refractivity contribution in [2.75, 3.05) is 19.4 Å². The molecule has 3 N–H and O–H groups in total. The Morgan fingerprint density at radius 1 is 1.43 bits per heavy atom. The Balaban J connectivity index is 2.29. The van der Waals surface area contributed by atoms with Crippen LogP contribution in [0.3, 0.4) is 0 Å². The number of hydrogen-bond donors (Lipinski definition) is 2. The predicted molar refractivity (Wildman–Crippen MR) is 80.4 cm³/mol. The summed E-state index contributed by atoms with van der Waals surface area (Å²) in [5.41, 5.74) is 6.60. The van der Waals surface area contributed by atoms with E-state index in [4.69, 9.17) is 5.73 Å². The Labute approximate surface area is 123 Å². The monoisotopic (exact) mass is 292 g/mol. The number of carbonyl (C=O) groups excluding carboxylic acids is 1. The lowest BCUT2D eigenvalue weighted by Gasteiger charge is -2.19. The number of nitro groups is 1. The van der Waals surface area contributed by atoms with Gasteiger partial charge >= 0.3 is 0 Å². The summed E-state index contributed by atoms with van der Waals surface area (Å²) in [4.78, 5) is 24.0. The van der Waals surface area contributed by atoms with Gasteiger partial charge in [-0.15, -0.1) is 0 Å². The van der Waals surface area contributed by atoms with E-state index in [1.165, 1.54) is 11.0 Å². The SMILES string of the molecule is CN(C)C(=O)c1ccc(NC2CCCC2N)c([N+](=O)[O-])c1. The first kappa shape index (κ1) is 15.2. The van der Waals surface area contributed by atoms with E-state index < -0.39 is 4.92 Å². The molecule has 7 nitrogen and oxygen atoms in total. The minimum Gasteiger partial charge on any atom is -0.375 e. The highest BCUT2D eigenvalue weighted by molar-refractivity contribution is 5.95. The van der Waals surface area contributed by atoms with Crippen LogP contribution in [-0.4, -0.2) is 41.9 Å². The van der Waals surface area contributed by atoms with Crippen LogP contribution in [0.2, 0.25) is 0 Å². The second kappa shape index (κ2) is 6.09. The van der Waals surface area contributed by atoms with Gasteiger partial charge in [-0.05, 0) is 31.4 Å². The van der Waals surface area contributed by atoms with Gasteiger partial charge in [0.2, 0.25) is 0 Å². The molecule has 0 bridgehead atoms. The van der Waals surface area contributed by atoms with Crippen LogP contribution < -0.4 is 11.1 Å². The van der Waals surface area contributed by atoms with Crippen LogP contribution in [0.25, 0.3) is 0 Å². The largest absolute Gasteiger partial charge is 0.375 e. The van der Waals surface area contributed by atoms with Gasteiger partial charge in [0.25, 0.3) is 11.6 Å².